The standard InChI is InChI=1S/C15H16F3NS/c1-3-12-6-7-13(20-12)9-19-11-5-4-10(2)14(8-11)15(16,17)18/h4-8,19H,3,9H2,1-2H3. The molecular weight excluding hydrogens is 283 g/mol. The monoisotopic (exact) mass is 299 g/mol. The third-order valence-electron chi connectivity index (χ3n) is 3.08. The lowest BCUT2D eigenvalue weighted by molar-refractivity contribution is -0.138. The number of nitrogens with one attached hydrogen (secondary N) is 1. The van der Waals surface area contributed by atoms with Gasteiger partial charge in [0.15, 0.2) is 0 Å². The first-order valence-corrected chi connectivity index (χ1v) is 7.21. The van der Waals surface area contributed by atoms with E-state index in [-0.39, 0.29) is 5.56 Å². The first-order chi connectivity index (χ1) is 9.40. The van der Waals surface area contributed by atoms with Crippen molar-refractivity contribution in [2.75, 3.05) is 5.32 Å². The molecule has 0 spiro atoms. The second kappa shape index (κ2) is 5.87. The molecule has 1 nitrogen and oxygen atoms in total. The third-order valence-corrected chi connectivity index (χ3v) is 4.31. The van der Waals surface area contributed by atoms with Gasteiger partial charge in [0.05, 0.1) is 5.56 Å². The van der Waals surface area contributed by atoms with Crippen LogP contribution in [-0.4, -0.2) is 0 Å². The summed E-state index contributed by atoms with van der Waals surface area (Å²) in [7, 11) is 0. The number of rotatable bonds is 4. The number of halogens is 3. The van der Waals surface area contributed by atoms with E-state index < -0.39 is 11.7 Å². The van der Waals surface area contributed by atoms with Crippen molar-refractivity contribution in [3.05, 3.63) is 51.2 Å². The summed E-state index contributed by atoms with van der Waals surface area (Å²) in [5, 5.41) is 3.05. The Kier molecular flexibility index (Phi) is 4.38. The van der Waals surface area contributed by atoms with Crippen molar-refractivity contribution in [2.24, 2.45) is 0 Å². The normalized spacial score (nSPS) is 11.7. The lowest BCUT2D eigenvalue weighted by atomic mass is 10.1. The fourth-order valence-corrected chi connectivity index (χ4v) is 2.83. The molecule has 0 aliphatic carbocycles. The zero-order chi connectivity index (χ0) is 14.8. The number of hydrogen-bond acceptors (Lipinski definition) is 2. The second-order valence-corrected chi connectivity index (χ2v) is 5.86. The van der Waals surface area contributed by atoms with E-state index in [1.807, 2.05) is 6.07 Å². The van der Waals surface area contributed by atoms with Gasteiger partial charge in [-0.2, -0.15) is 13.2 Å². The molecule has 1 N–H and O–H groups in total. The Balaban J connectivity index is 2.10. The van der Waals surface area contributed by atoms with Gasteiger partial charge in [-0.1, -0.05) is 13.0 Å². The minimum Gasteiger partial charge on any atom is -0.380 e. The molecule has 2 rings (SSSR count). The van der Waals surface area contributed by atoms with Gasteiger partial charge in [-0.05, 0) is 43.2 Å². The van der Waals surface area contributed by atoms with Crippen molar-refractivity contribution < 1.29 is 13.2 Å². The molecule has 0 atom stereocenters. The largest absolute Gasteiger partial charge is 0.416 e. The number of thiophene rings is 1. The molecule has 5 heteroatoms. The van der Waals surface area contributed by atoms with Crippen LogP contribution in [0.1, 0.15) is 27.8 Å². The molecule has 1 aromatic heterocycles. The topological polar surface area (TPSA) is 12.0 Å². The molecular formula is C15H16F3NS. The molecule has 0 fully saturated rings. The fourth-order valence-electron chi connectivity index (χ4n) is 1.93. The molecule has 0 amide bonds. The maximum Gasteiger partial charge on any atom is 0.416 e. The van der Waals surface area contributed by atoms with E-state index in [1.54, 1.807) is 17.4 Å². The molecule has 20 heavy (non-hydrogen) atoms. The molecule has 0 bridgehead atoms. The highest BCUT2D eigenvalue weighted by Crippen LogP contribution is 2.33. The summed E-state index contributed by atoms with van der Waals surface area (Å²) in [4.78, 5) is 2.40. The summed E-state index contributed by atoms with van der Waals surface area (Å²) < 4.78 is 38.4. The highest BCUT2D eigenvalue weighted by Gasteiger charge is 2.32. The molecule has 108 valence electrons. The van der Waals surface area contributed by atoms with E-state index in [1.165, 1.54) is 23.9 Å². The number of aryl methyl sites for hydroxylation is 2. The van der Waals surface area contributed by atoms with Gasteiger partial charge in [0.25, 0.3) is 0 Å². The minimum atomic E-state index is -4.31. The summed E-state index contributed by atoms with van der Waals surface area (Å²) in [5.74, 6) is 0. The van der Waals surface area contributed by atoms with Crippen LogP contribution in [0.5, 0.6) is 0 Å². The van der Waals surface area contributed by atoms with Gasteiger partial charge < -0.3 is 5.32 Å². The predicted molar refractivity (Wildman–Crippen MR) is 77.2 cm³/mol. The average Bonchev–Trinajstić information content (AvgIpc) is 2.84. The predicted octanol–water partition coefficient (Wildman–Crippen LogP) is 5.25. The number of alkyl halides is 3. The Morgan fingerprint density at radius 3 is 2.40 bits per heavy atom. The maximum atomic E-state index is 12.8. The summed E-state index contributed by atoms with van der Waals surface area (Å²) in [6, 6.07) is 8.41. The Morgan fingerprint density at radius 2 is 1.80 bits per heavy atom. The van der Waals surface area contributed by atoms with Gasteiger partial charge in [0.1, 0.15) is 0 Å². The van der Waals surface area contributed by atoms with Crippen LogP contribution >= 0.6 is 11.3 Å². The van der Waals surface area contributed by atoms with Crippen molar-refractivity contribution in [1.82, 2.24) is 0 Å². The smallest absolute Gasteiger partial charge is 0.380 e. The second-order valence-electron chi connectivity index (χ2n) is 4.60. The van der Waals surface area contributed by atoms with E-state index in [0.29, 0.717) is 12.2 Å². The first kappa shape index (κ1) is 14.9. The molecule has 0 aliphatic rings. The summed E-state index contributed by atoms with van der Waals surface area (Å²) in [6.45, 7) is 4.10. The van der Waals surface area contributed by atoms with Gasteiger partial charge in [0.2, 0.25) is 0 Å². The fraction of sp³-hybridized carbons (Fsp3) is 0.333. The average molecular weight is 299 g/mol. The van der Waals surface area contributed by atoms with Crippen LogP contribution in [0, 0.1) is 6.92 Å². The molecule has 0 radical (unpaired) electrons. The molecule has 0 saturated heterocycles. The Bertz CT molecular complexity index is 587. The van der Waals surface area contributed by atoms with Crippen molar-refractivity contribution in [1.29, 1.82) is 0 Å². The minimum absolute atomic E-state index is 0.243. The molecule has 0 unspecified atom stereocenters. The van der Waals surface area contributed by atoms with Gasteiger partial charge >= 0.3 is 6.18 Å². The van der Waals surface area contributed by atoms with Crippen LogP contribution in [0.15, 0.2) is 30.3 Å². The SMILES string of the molecule is CCc1ccc(CNc2ccc(C)c(C(F)(F)F)c2)s1. The van der Waals surface area contributed by atoms with E-state index in [9.17, 15) is 13.2 Å². The van der Waals surface area contributed by atoms with Gasteiger partial charge in [0, 0.05) is 22.0 Å². The molecule has 0 saturated carbocycles. The summed E-state index contributed by atoms with van der Waals surface area (Å²) >= 11 is 1.68. The van der Waals surface area contributed by atoms with Gasteiger partial charge in [-0.3, -0.25) is 0 Å². The molecule has 2 aromatic rings. The third kappa shape index (κ3) is 3.54. The molecule has 1 heterocycles. The van der Waals surface area contributed by atoms with Crippen molar-refractivity contribution >= 4 is 17.0 Å². The zero-order valence-corrected chi connectivity index (χ0v) is 12.2. The summed E-state index contributed by atoms with van der Waals surface area (Å²) in [6.07, 6.45) is -3.33. The maximum absolute atomic E-state index is 12.8. The first-order valence-electron chi connectivity index (χ1n) is 6.39. The van der Waals surface area contributed by atoms with Crippen LogP contribution in [0.3, 0.4) is 0 Å². The van der Waals surface area contributed by atoms with Crippen molar-refractivity contribution in [3.63, 3.8) is 0 Å². The quantitative estimate of drug-likeness (QED) is 0.813. The highest BCUT2D eigenvalue weighted by molar-refractivity contribution is 7.12. The van der Waals surface area contributed by atoms with E-state index in [4.69, 9.17) is 0 Å². The van der Waals surface area contributed by atoms with Crippen LogP contribution in [0.25, 0.3) is 0 Å². The van der Waals surface area contributed by atoms with Crippen molar-refractivity contribution in [2.45, 2.75) is 33.0 Å². The lowest BCUT2D eigenvalue weighted by Gasteiger charge is -2.13. The van der Waals surface area contributed by atoms with E-state index >= 15 is 0 Å². The summed E-state index contributed by atoms with van der Waals surface area (Å²) in [5.41, 5.74) is 0.157. The highest BCUT2D eigenvalue weighted by atomic mass is 32.1. The lowest BCUT2D eigenvalue weighted by Crippen LogP contribution is -2.08. The number of benzene rings is 1. The van der Waals surface area contributed by atoms with Crippen molar-refractivity contribution in [3.8, 4) is 0 Å². The van der Waals surface area contributed by atoms with Crippen LogP contribution in [0.4, 0.5) is 18.9 Å². The van der Waals surface area contributed by atoms with Gasteiger partial charge in [-0.15, -0.1) is 11.3 Å². The van der Waals surface area contributed by atoms with E-state index in [2.05, 4.69) is 18.3 Å². The van der Waals surface area contributed by atoms with Gasteiger partial charge in [-0.25, -0.2) is 0 Å². The van der Waals surface area contributed by atoms with Crippen LogP contribution in [0.2, 0.25) is 0 Å². The molecule has 1 aromatic carbocycles. The molecule has 0 aliphatic heterocycles. The Labute approximate surface area is 120 Å². The zero-order valence-electron chi connectivity index (χ0n) is 11.3. The number of hydrogen-bond donors (Lipinski definition) is 1. The Morgan fingerprint density at radius 1 is 1.10 bits per heavy atom. The van der Waals surface area contributed by atoms with E-state index in [0.717, 1.165) is 11.3 Å². The Hall–Kier alpha value is -1.49. The van der Waals surface area contributed by atoms with Crippen LogP contribution in [-0.2, 0) is 19.1 Å². The van der Waals surface area contributed by atoms with Crippen LogP contribution < -0.4 is 5.32 Å². The number of anilines is 1.